The van der Waals surface area contributed by atoms with Gasteiger partial charge in [-0.05, 0) is 37.0 Å². The van der Waals surface area contributed by atoms with Gasteiger partial charge in [-0.15, -0.1) is 0 Å². The zero-order valence-electron chi connectivity index (χ0n) is 15.5. The van der Waals surface area contributed by atoms with Gasteiger partial charge in [0.15, 0.2) is 0 Å². The van der Waals surface area contributed by atoms with Crippen LogP contribution in [0.3, 0.4) is 0 Å². The van der Waals surface area contributed by atoms with Gasteiger partial charge in [-0.25, -0.2) is 4.98 Å². The fourth-order valence-electron chi connectivity index (χ4n) is 3.85. The minimum absolute atomic E-state index is 0.0391. The lowest BCUT2D eigenvalue weighted by atomic mass is 9.98. The maximum absolute atomic E-state index is 11.5. The van der Waals surface area contributed by atoms with Crippen LogP contribution in [0.25, 0.3) is 10.9 Å². The highest BCUT2D eigenvalue weighted by Crippen LogP contribution is 2.32. The smallest absolute Gasteiger partial charge is 0.217 e. The van der Waals surface area contributed by atoms with Gasteiger partial charge in [-0.1, -0.05) is 25.5 Å². The van der Waals surface area contributed by atoms with Crippen molar-refractivity contribution in [1.82, 2.24) is 10.3 Å². The molecular weight excluding hydrogens is 314 g/mol. The largest absolute Gasteiger partial charge is 0.494 e. The first kappa shape index (κ1) is 17.5. The Bertz CT molecular complexity index is 775. The molecule has 2 aromatic rings. The number of hydrogen-bond acceptors (Lipinski definition) is 4. The van der Waals surface area contributed by atoms with Gasteiger partial charge in [-0.2, -0.15) is 0 Å². The standard InChI is InChI=1S/C20H27N3O2/c1-5-7-15-11-23(12-17(15)21-14(3)24)19-10-13(2)16-8-6-9-18(25-4)20(16)22-19/h6,8-10,15,17H,5,7,11-12H2,1-4H3,(H,21,24)/t15-,17-/m0/s1. The molecule has 1 aromatic carbocycles. The Hall–Kier alpha value is -2.30. The van der Waals surface area contributed by atoms with Crippen molar-refractivity contribution in [3.05, 3.63) is 29.8 Å². The van der Waals surface area contributed by atoms with Gasteiger partial charge in [0.1, 0.15) is 17.1 Å². The van der Waals surface area contributed by atoms with E-state index in [0.717, 1.165) is 48.4 Å². The molecule has 5 heteroatoms. The summed E-state index contributed by atoms with van der Waals surface area (Å²) in [6.07, 6.45) is 2.23. The van der Waals surface area contributed by atoms with Crippen molar-refractivity contribution >= 4 is 22.6 Å². The number of nitrogens with one attached hydrogen (secondary N) is 1. The number of anilines is 1. The van der Waals surface area contributed by atoms with Gasteiger partial charge in [-0.3, -0.25) is 4.79 Å². The van der Waals surface area contributed by atoms with E-state index < -0.39 is 0 Å². The molecule has 25 heavy (non-hydrogen) atoms. The quantitative estimate of drug-likeness (QED) is 0.907. The average molecular weight is 341 g/mol. The van der Waals surface area contributed by atoms with E-state index in [4.69, 9.17) is 9.72 Å². The van der Waals surface area contributed by atoms with Crippen LogP contribution in [-0.4, -0.2) is 37.1 Å². The Balaban J connectivity index is 1.94. The monoisotopic (exact) mass is 341 g/mol. The topological polar surface area (TPSA) is 54.5 Å². The molecule has 1 aliphatic heterocycles. The van der Waals surface area contributed by atoms with E-state index >= 15 is 0 Å². The molecule has 5 nitrogen and oxygen atoms in total. The Labute approximate surface area is 149 Å². The van der Waals surface area contributed by atoms with Crippen LogP contribution in [0.5, 0.6) is 5.75 Å². The van der Waals surface area contributed by atoms with Gasteiger partial charge in [0, 0.05) is 25.4 Å². The van der Waals surface area contributed by atoms with Crippen molar-refractivity contribution in [2.24, 2.45) is 5.92 Å². The number of carbonyl (C=O) groups is 1. The van der Waals surface area contributed by atoms with Crippen LogP contribution in [0.4, 0.5) is 5.82 Å². The summed E-state index contributed by atoms with van der Waals surface area (Å²) in [5.41, 5.74) is 2.09. The molecule has 0 unspecified atom stereocenters. The van der Waals surface area contributed by atoms with Crippen molar-refractivity contribution in [3.63, 3.8) is 0 Å². The third kappa shape index (κ3) is 3.55. The number of benzene rings is 1. The van der Waals surface area contributed by atoms with Crippen LogP contribution in [0, 0.1) is 12.8 Å². The molecule has 1 N–H and O–H groups in total. The lowest BCUT2D eigenvalue weighted by molar-refractivity contribution is -0.119. The molecule has 0 spiro atoms. The molecule has 1 saturated heterocycles. The first-order valence-electron chi connectivity index (χ1n) is 8.99. The van der Waals surface area contributed by atoms with Crippen molar-refractivity contribution in [2.75, 3.05) is 25.1 Å². The van der Waals surface area contributed by atoms with E-state index in [2.05, 4.69) is 36.2 Å². The highest BCUT2D eigenvalue weighted by molar-refractivity contribution is 5.89. The van der Waals surface area contributed by atoms with E-state index in [0.29, 0.717) is 5.92 Å². The molecular formula is C20H27N3O2. The maximum atomic E-state index is 11.5. The second-order valence-electron chi connectivity index (χ2n) is 6.91. The highest BCUT2D eigenvalue weighted by atomic mass is 16.5. The predicted octanol–water partition coefficient (Wildman–Crippen LogP) is 3.29. The average Bonchev–Trinajstić information content (AvgIpc) is 2.96. The van der Waals surface area contributed by atoms with Crippen molar-refractivity contribution in [1.29, 1.82) is 0 Å². The van der Waals surface area contributed by atoms with Crippen molar-refractivity contribution < 1.29 is 9.53 Å². The zero-order valence-corrected chi connectivity index (χ0v) is 15.5. The van der Waals surface area contributed by atoms with E-state index in [1.807, 2.05) is 12.1 Å². The number of pyridine rings is 1. The van der Waals surface area contributed by atoms with Crippen molar-refractivity contribution in [2.45, 2.75) is 39.7 Å². The number of amides is 1. The van der Waals surface area contributed by atoms with Crippen LogP contribution in [0.2, 0.25) is 0 Å². The summed E-state index contributed by atoms with van der Waals surface area (Å²) < 4.78 is 5.50. The summed E-state index contributed by atoms with van der Waals surface area (Å²) in [6.45, 7) is 7.62. The molecule has 3 rings (SSSR count). The molecule has 134 valence electrons. The number of carbonyl (C=O) groups excluding carboxylic acids is 1. The van der Waals surface area contributed by atoms with Crippen LogP contribution in [0.1, 0.15) is 32.3 Å². The van der Waals surface area contributed by atoms with Gasteiger partial charge in [0.25, 0.3) is 0 Å². The summed E-state index contributed by atoms with van der Waals surface area (Å²) in [5.74, 6) is 2.26. The number of nitrogens with zero attached hydrogens (tertiary/aromatic N) is 2. The minimum atomic E-state index is 0.0391. The van der Waals surface area contributed by atoms with Crippen LogP contribution in [-0.2, 0) is 4.79 Å². The van der Waals surface area contributed by atoms with Gasteiger partial charge >= 0.3 is 0 Å². The number of fused-ring (bicyclic) bond motifs is 1. The molecule has 0 radical (unpaired) electrons. The van der Waals surface area contributed by atoms with Crippen LogP contribution in [0.15, 0.2) is 24.3 Å². The molecule has 2 atom stereocenters. The predicted molar refractivity (Wildman–Crippen MR) is 101 cm³/mol. The van der Waals surface area contributed by atoms with E-state index in [1.54, 1.807) is 14.0 Å². The molecule has 1 fully saturated rings. The summed E-state index contributed by atoms with van der Waals surface area (Å²) in [4.78, 5) is 18.7. The zero-order chi connectivity index (χ0) is 18.0. The Morgan fingerprint density at radius 2 is 2.20 bits per heavy atom. The molecule has 0 aliphatic carbocycles. The van der Waals surface area contributed by atoms with Crippen LogP contribution >= 0.6 is 0 Å². The number of aromatic nitrogens is 1. The van der Waals surface area contributed by atoms with Gasteiger partial charge < -0.3 is 15.0 Å². The Morgan fingerprint density at radius 1 is 1.40 bits per heavy atom. The first-order valence-corrected chi connectivity index (χ1v) is 8.99. The fourth-order valence-corrected chi connectivity index (χ4v) is 3.85. The first-order chi connectivity index (χ1) is 12.0. The third-order valence-electron chi connectivity index (χ3n) is 5.03. The summed E-state index contributed by atoms with van der Waals surface area (Å²) in [7, 11) is 1.68. The molecule has 1 amide bonds. The molecule has 1 aromatic heterocycles. The van der Waals surface area contributed by atoms with E-state index in [1.165, 1.54) is 5.56 Å². The number of methoxy groups -OCH3 is 1. The molecule has 0 saturated carbocycles. The summed E-state index contributed by atoms with van der Waals surface area (Å²) in [6, 6.07) is 8.35. The second kappa shape index (κ2) is 7.30. The SMILES string of the molecule is CCC[C@H]1CN(c2cc(C)c3cccc(OC)c3n2)C[C@@H]1NC(C)=O. The lowest BCUT2D eigenvalue weighted by Gasteiger charge is -2.19. The van der Waals surface area contributed by atoms with Crippen LogP contribution < -0.4 is 15.0 Å². The maximum Gasteiger partial charge on any atom is 0.217 e. The molecule has 2 heterocycles. The Kier molecular flexibility index (Phi) is 5.11. The number of aryl methyl sites for hydroxylation is 1. The number of ether oxygens (including phenoxy) is 1. The summed E-state index contributed by atoms with van der Waals surface area (Å²) in [5, 5.41) is 4.23. The molecule has 1 aliphatic rings. The Morgan fingerprint density at radius 3 is 2.88 bits per heavy atom. The van der Waals surface area contributed by atoms with Gasteiger partial charge in [0.2, 0.25) is 5.91 Å². The van der Waals surface area contributed by atoms with Gasteiger partial charge in [0.05, 0.1) is 13.2 Å². The number of hydrogen-bond donors (Lipinski definition) is 1. The third-order valence-corrected chi connectivity index (χ3v) is 5.03. The van der Waals surface area contributed by atoms with E-state index in [9.17, 15) is 4.79 Å². The highest BCUT2D eigenvalue weighted by Gasteiger charge is 2.33. The minimum Gasteiger partial charge on any atom is -0.494 e. The molecule has 0 bridgehead atoms. The summed E-state index contributed by atoms with van der Waals surface area (Å²) >= 11 is 0. The lowest BCUT2D eigenvalue weighted by Crippen LogP contribution is -2.39. The fraction of sp³-hybridized carbons (Fsp3) is 0.500. The number of para-hydroxylation sites is 1. The van der Waals surface area contributed by atoms with E-state index in [-0.39, 0.29) is 11.9 Å². The van der Waals surface area contributed by atoms with Crippen molar-refractivity contribution in [3.8, 4) is 5.75 Å². The second-order valence-corrected chi connectivity index (χ2v) is 6.91. The number of rotatable bonds is 5. The normalized spacial score (nSPS) is 20.1.